The molecular weight excluding hydrogens is 341 g/mol. The Kier molecular flexibility index (Phi) is 4.46. The van der Waals surface area contributed by atoms with Crippen molar-refractivity contribution in [2.75, 3.05) is 7.11 Å². The maximum absolute atomic E-state index is 13.6. The number of fused-ring (bicyclic) bond motifs is 1. The van der Waals surface area contributed by atoms with Crippen LogP contribution in [0.3, 0.4) is 0 Å². The first-order valence-electron chi connectivity index (χ1n) is 7.86. The molecule has 7 heteroatoms. The van der Waals surface area contributed by atoms with Gasteiger partial charge < -0.3 is 19.5 Å². The fourth-order valence-corrected chi connectivity index (χ4v) is 3.30. The molecule has 134 valence electrons. The number of aldehydes is 1. The van der Waals surface area contributed by atoms with E-state index in [1.165, 1.54) is 13.2 Å². The van der Waals surface area contributed by atoms with Crippen LogP contribution in [0.15, 0.2) is 42.5 Å². The average molecular weight is 357 g/mol. The molecule has 0 saturated heterocycles. The van der Waals surface area contributed by atoms with Crippen LogP contribution in [0, 0.1) is 5.82 Å². The summed E-state index contributed by atoms with van der Waals surface area (Å²) in [5.41, 5.74) is -1.12. The monoisotopic (exact) mass is 357 g/mol. The van der Waals surface area contributed by atoms with Crippen molar-refractivity contribution in [2.24, 2.45) is 0 Å². The highest BCUT2D eigenvalue weighted by Crippen LogP contribution is 2.43. The van der Waals surface area contributed by atoms with Gasteiger partial charge in [-0.3, -0.25) is 4.79 Å². The molecule has 0 radical (unpaired) electrons. The number of benzene rings is 2. The molecule has 2 aromatic carbocycles. The van der Waals surface area contributed by atoms with Gasteiger partial charge in [0.1, 0.15) is 17.9 Å². The summed E-state index contributed by atoms with van der Waals surface area (Å²) in [5, 5.41) is 9.89. The Morgan fingerprint density at radius 1 is 1.27 bits per heavy atom. The SMILES string of the molecule is COc1ccc(CN2C(=O)c3cc(F)ccc3[C@@]2(CC=O)C(=O)O)cc1. The number of carboxylic acid groups (broad SMARTS) is 1. The van der Waals surface area contributed by atoms with E-state index < -0.39 is 29.7 Å². The minimum absolute atomic E-state index is 0.0391. The first-order valence-corrected chi connectivity index (χ1v) is 7.86. The maximum atomic E-state index is 13.6. The van der Waals surface area contributed by atoms with Gasteiger partial charge in [0.05, 0.1) is 7.11 Å². The smallest absolute Gasteiger partial charge is 0.334 e. The van der Waals surface area contributed by atoms with Gasteiger partial charge in [0.15, 0.2) is 5.54 Å². The lowest BCUT2D eigenvalue weighted by molar-refractivity contribution is -0.152. The summed E-state index contributed by atoms with van der Waals surface area (Å²) in [7, 11) is 1.52. The van der Waals surface area contributed by atoms with Crippen LogP contribution in [0.25, 0.3) is 0 Å². The molecule has 0 bridgehead atoms. The van der Waals surface area contributed by atoms with E-state index in [1.807, 2.05) is 0 Å². The first-order chi connectivity index (χ1) is 12.4. The summed E-state index contributed by atoms with van der Waals surface area (Å²) in [5.74, 6) is -1.99. The molecule has 0 saturated carbocycles. The van der Waals surface area contributed by atoms with Crippen LogP contribution in [0.2, 0.25) is 0 Å². The molecule has 1 heterocycles. The van der Waals surface area contributed by atoms with Gasteiger partial charge in [0.2, 0.25) is 0 Å². The average Bonchev–Trinajstić information content (AvgIpc) is 2.86. The highest BCUT2D eigenvalue weighted by Gasteiger charge is 2.55. The normalized spacial score (nSPS) is 18.5. The Morgan fingerprint density at radius 2 is 1.96 bits per heavy atom. The second kappa shape index (κ2) is 6.59. The van der Waals surface area contributed by atoms with E-state index in [2.05, 4.69) is 0 Å². The van der Waals surface area contributed by atoms with Gasteiger partial charge in [-0.2, -0.15) is 0 Å². The standard InChI is InChI=1S/C19H16FNO5/c1-26-14-5-2-12(3-6-14)11-21-17(23)15-10-13(20)4-7-16(15)19(21,8-9-22)18(24)25/h2-7,9-10H,8,11H2,1H3,(H,24,25)/t19-/m0/s1. The highest BCUT2D eigenvalue weighted by molar-refractivity contribution is 6.06. The van der Waals surface area contributed by atoms with Gasteiger partial charge in [-0.05, 0) is 29.8 Å². The van der Waals surface area contributed by atoms with Gasteiger partial charge in [0.25, 0.3) is 5.91 Å². The lowest BCUT2D eigenvalue weighted by Crippen LogP contribution is -2.49. The Balaban J connectivity index is 2.10. The molecule has 6 nitrogen and oxygen atoms in total. The molecule has 1 N–H and O–H groups in total. The molecule has 2 aromatic rings. The van der Waals surface area contributed by atoms with Gasteiger partial charge in [-0.1, -0.05) is 18.2 Å². The number of aliphatic carboxylic acids is 1. The van der Waals surface area contributed by atoms with Crippen LogP contribution in [-0.4, -0.2) is 35.3 Å². The largest absolute Gasteiger partial charge is 0.497 e. The van der Waals surface area contributed by atoms with Crippen molar-refractivity contribution in [2.45, 2.75) is 18.5 Å². The fourth-order valence-electron chi connectivity index (χ4n) is 3.30. The number of ether oxygens (including phenoxy) is 1. The lowest BCUT2D eigenvalue weighted by atomic mass is 9.86. The van der Waals surface area contributed by atoms with Crippen molar-refractivity contribution in [1.29, 1.82) is 0 Å². The quantitative estimate of drug-likeness (QED) is 0.803. The van der Waals surface area contributed by atoms with Crippen molar-refractivity contribution >= 4 is 18.2 Å². The highest BCUT2D eigenvalue weighted by atomic mass is 19.1. The van der Waals surface area contributed by atoms with Crippen LogP contribution >= 0.6 is 0 Å². The second-order valence-electron chi connectivity index (χ2n) is 5.97. The van der Waals surface area contributed by atoms with Crippen LogP contribution in [0.4, 0.5) is 4.39 Å². The number of carbonyl (C=O) groups excluding carboxylic acids is 2. The predicted molar refractivity (Wildman–Crippen MR) is 89.3 cm³/mol. The molecule has 1 aliphatic rings. The minimum atomic E-state index is -1.86. The summed E-state index contributed by atoms with van der Waals surface area (Å²) in [6.07, 6.45) is 0.0315. The zero-order valence-electron chi connectivity index (χ0n) is 13.9. The Bertz CT molecular complexity index is 880. The first kappa shape index (κ1) is 17.6. The Morgan fingerprint density at radius 3 is 2.54 bits per heavy atom. The van der Waals surface area contributed by atoms with Crippen molar-refractivity contribution in [1.82, 2.24) is 4.90 Å². The third-order valence-corrected chi connectivity index (χ3v) is 4.60. The van der Waals surface area contributed by atoms with Crippen molar-refractivity contribution < 1.29 is 28.6 Å². The molecule has 1 amide bonds. The van der Waals surface area contributed by atoms with Crippen molar-refractivity contribution in [3.63, 3.8) is 0 Å². The number of hydrogen-bond acceptors (Lipinski definition) is 4. The van der Waals surface area contributed by atoms with Crippen LogP contribution < -0.4 is 4.74 Å². The number of methoxy groups -OCH3 is 1. The summed E-state index contributed by atoms with van der Waals surface area (Å²) >= 11 is 0. The van der Waals surface area contributed by atoms with Gasteiger partial charge >= 0.3 is 5.97 Å². The maximum Gasteiger partial charge on any atom is 0.334 e. The molecule has 0 unspecified atom stereocenters. The summed E-state index contributed by atoms with van der Waals surface area (Å²) < 4.78 is 18.7. The van der Waals surface area contributed by atoms with E-state index in [0.29, 0.717) is 17.6 Å². The number of hydrogen-bond donors (Lipinski definition) is 1. The number of carboxylic acids is 1. The van der Waals surface area contributed by atoms with Gasteiger partial charge in [0, 0.05) is 24.1 Å². The number of nitrogens with zero attached hydrogens (tertiary/aromatic N) is 1. The summed E-state index contributed by atoms with van der Waals surface area (Å²) in [6, 6.07) is 10.1. The third kappa shape index (κ3) is 2.61. The van der Waals surface area contributed by atoms with Crippen LogP contribution in [0.1, 0.15) is 27.9 Å². The zero-order chi connectivity index (χ0) is 18.9. The summed E-state index contributed by atoms with van der Waals surface area (Å²) in [4.78, 5) is 37.3. The molecule has 0 spiro atoms. The molecule has 1 aliphatic heterocycles. The van der Waals surface area contributed by atoms with Crippen molar-refractivity contribution in [3.05, 3.63) is 65.0 Å². The minimum Gasteiger partial charge on any atom is -0.497 e. The van der Waals surface area contributed by atoms with E-state index in [-0.39, 0.29) is 17.7 Å². The predicted octanol–water partition coefficient (Wildman–Crippen LogP) is 2.36. The van der Waals surface area contributed by atoms with Crippen LogP contribution in [0.5, 0.6) is 5.75 Å². The zero-order valence-corrected chi connectivity index (χ0v) is 13.9. The molecule has 1 atom stereocenters. The van der Waals surface area contributed by atoms with Gasteiger partial charge in [-0.25, -0.2) is 9.18 Å². The Hall–Kier alpha value is -3.22. The fraction of sp³-hybridized carbons (Fsp3) is 0.211. The number of rotatable bonds is 6. The van der Waals surface area contributed by atoms with Gasteiger partial charge in [-0.15, -0.1) is 0 Å². The number of amides is 1. The van der Waals surface area contributed by atoms with E-state index in [4.69, 9.17) is 4.74 Å². The van der Waals surface area contributed by atoms with Crippen molar-refractivity contribution in [3.8, 4) is 5.75 Å². The topological polar surface area (TPSA) is 83.9 Å². The summed E-state index contributed by atoms with van der Waals surface area (Å²) in [6.45, 7) is -0.0424. The molecule has 0 aliphatic carbocycles. The lowest BCUT2D eigenvalue weighted by Gasteiger charge is -2.34. The molecule has 0 aromatic heterocycles. The van der Waals surface area contributed by atoms with E-state index in [0.717, 1.165) is 17.0 Å². The van der Waals surface area contributed by atoms with Crippen LogP contribution in [-0.2, 0) is 21.7 Å². The molecule has 0 fully saturated rings. The van der Waals surface area contributed by atoms with E-state index >= 15 is 0 Å². The van der Waals surface area contributed by atoms with E-state index in [1.54, 1.807) is 24.3 Å². The number of carbonyl (C=O) groups is 3. The molecule has 3 rings (SSSR count). The number of halogens is 1. The third-order valence-electron chi connectivity index (χ3n) is 4.60. The molecule has 26 heavy (non-hydrogen) atoms. The molecular formula is C19H16FNO5. The van der Waals surface area contributed by atoms with E-state index in [9.17, 15) is 23.9 Å². The Labute approximate surface area is 148 Å². The second-order valence-corrected chi connectivity index (χ2v) is 5.97.